The summed E-state index contributed by atoms with van der Waals surface area (Å²) >= 11 is 0. The zero-order chi connectivity index (χ0) is 16.6. The lowest BCUT2D eigenvalue weighted by molar-refractivity contribution is 0.706. The molecule has 0 aliphatic carbocycles. The monoisotopic (exact) mass is 305 g/mol. The lowest BCUT2D eigenvalue weighted by atomic mass is 9.99. The first-order valence-corrected chi connectivity index (χ1v) is 7.91. The summed E-state index contributed by atoms with van der Waals surface area (Å²) in [4.78, 5) is 0. The van der Waals surface area contributed by atoms with Gasteiger partial charge in [-0.3, -0.25) is 5.01 Å². The quantitative estimate of drug-likeness (QED) is 0.913. The molecule has 0 saturated carbocycles. The molecule has 3 nitrogen and oxygen atoms in total. The first-order valence-electron chi connectivity index (χ1n) is 7.91. The maximum Gasteiger partial charge on any atom is 0.0857 e. The maximum atomic E-state index is 5.91. The molecule has 118 valence electrons. The summed E-state index contributed by atoms with van der Waals surface area (Å²) in [6.45, 7) is 10.2. The molecule has 3 rings (SSSR count). The minimum absolute atomic E-state index is 0.160. The summed E-state index contributed by atoms with van der Waals surface area (Å²) in [5, 5.41) is 6.84. The zero-order valence-corrected chi connectivity index (χ0v) is 14.0. The highest BCUT2D eigenvalue weighted by atomic mass is 15.5. The minimum Gasteiger partial charge on any atom is -0.398 e. The van der Waals surface area contributed by atoms with Crippen molar-refractivity contribution in [1.82, 2.24) is 0 Å². The van der Waals surface area contributed by atoms with E-state index < -0.39 is 0 Å². The van der Waals surface area contributed by atoms with Crippen LogP contribution in [-0.2, 0) is 0 Å². The van der Waals surface area contributed by atoms with E-state index in [1.165, 1.54) is 22.3 Å². The second-order valence-electron chi connectivity index (χ2n) is 6.34. The van der Waals surface area contributed by atoms with E-state index in [-0.39, 0.29) is 6.04 Å². The molecule has 2 N–H and O–H groups in total. The van der Waals surface area contributed by atoms with E-state index in [1.807, 2.05) is 0 Å². The predicted molar refractivity (Wildman–Crippen MR) is 97.7 cm³/mol. The van der Waals surface area contributed by atoms with Crippen molar-refractivity contribution in [3.05, 3.63) is 77.0 Å². The molecule has 2 aromatic carbocycles. The fourth-order valence-electron chi connectivity index (χ4n) is 3.04. The van der Waals surface area contributed by atoms with Gasteiger partial charge in [0.2, 0.25) is 0 Å². The van der Waals surface area contributed by atoms with E-state index in [2.05, 4.69) is 74.8 Å². The second kappa shape index (κ2) is 5.92. The Balaban J connectivity index is 2.04. The molecular weight excluding hydrogens is 282 g/mol. The van der Waals surface area contributed by atoms with Gasteiger partial charge in [0.25, 0.3) is 0 Å². The summed E-state index contributed by atoms with van der Waals surface area (Å²) in [6, 6.07) is 15.2. The van der Waals surface area contributed by atoms with Crippen LogP contribution < -0.4 is 10.7 Å². The van der Waals surface area contributed by atoms with Crippen molar-refractivity contribution in [2.24, 2.45) is 10.8 Å². The van der Waals surface area contributed by atoms with Gasteiger partial charge in [-0.25, -0.2) is 0 Å². The third-order valence-electron chi connectivity index (χ3n) is 4.34. The molecule has 1 atom stereocenters. The maximum absolute atomic E-state index is 5.91. The first kappa shape index (κ1) is 15.3. The van der Waals surface area contributed by atoms with Gasteiger partial charge >= 0.3 is 0 Å². The van der Waals surface area contributed by atoms with Gasteiger partial charge in [0.15, 0.2) is 0 Å². The molecule has 0 spiro atoms. The Bertz CT molecular complexity index is 772. The largest absolute Gasteiger partial charge is 0.398 e. The van der Waals surface area contributed by atoms with Crippen molar-refractivity contribution in [2.75, 3.05) is 5.01 Å². The Kier molecular flexibility index (Phi) is 3.95. The van der Waals surface area contributed by atoms with Crippen molar-refractivity contribution in [1.29, 1.82) is 0 Å². The van der Waals surface area contributed by atoms with E-state index >= 15 is 0 Å². The Morgan fingerprint density at radius 1 is 1.09 bits per heavy atom. The number of hydrogen-bond donors (Lipinski definition) is 1. The van der Waals surface area contributed by atoms with Crippen LogP contribution in [0.3, 0.4) is 0 Å². The van der Waals surface area contributed by atoms with Gasteiger partial charge in [0.1, 0.15) is 0 Å². The van der Waals surface area contributed by atoms with Gasteiger partial charge < -0.3 is 5.73 Å². The number of allylic oxidation sites excluding steroid dienone is 1. The fourth-order valence-corrected chi connectivity index (χ4v) is 3.04. The molecule has 1 unspecified atom stereocenters. The number of hydrazone groups is 1. The molecule has 1 heterocycles. The van der Waals surface area contributed by atoms with Crippen LogP contribution in [0.15, 0.2) is 59.8 Å². The normalized spacial score (nSPS) is 17.3. The SMILES string of the molecule is C=C(N)C1=NN(c2ccc(C)cc2C)C(c2ccc(C)cc2)C1. The van der Waals surface area contributed by atoms with Gasteiger partial charge in [-0.15, -0.1) is 0 Å². The third-order valence-corrected chi connectivity index (χ3v) is 4.34. The molecule has 0 saturated heterocycles. The molecule has 2 aromatic rings. The number of nitrogens with zero attached hydrogens (tertiary/aromatic N) is 2. The Morgan fingerprint density at radius 3 is 2.35 bits per heavy atom. The molecule has 0 aromatic heterocycles. The molecular formula is C20H23N3. The molecule has 1 aliphatic rings. The second-order valence-corrected chi connectivity index (χ2v) is 6.34. The lowest BCUT2D eigenvalue weighted by Crippen LogP contribution is -2.19. The fraction of sp³-hybridized carbons (Fsp3) is 0.250. The van der Waals surface area contributed by atoms with Crippen LogP contribution >= 0.6 is 0 Å². The van der Waals surface area contributed by atoms with E-state index in [9.17, 15) is 0 Å². The van der Waals surface area contributed by atoms with E-state index in [0.29, 0.717) is 5.70 Å². The number of nitrogens with two attached hydrogens (primary N) is 1. The Hall–Kier alpha value is -2.55. The van der Waals surface area contributed by atoms with Crippen molar-refractivity contribution in [2.45, 2.75) is 33.2 Å². The van der Waals surface area contributed by atoms with Gasteiger partial charge in [-0.1, -0.05) is 54.1 Å². The zero-order valence-electron chi connectivity index (χ0n) is 14.0. The summed E-state index contributed by atoms with van der Waals surface area (Å²) < 4.78 is 0. The van der Waals surface area contributed by atoms with Crippen molar-refractivity contribution < 1.29 is 0 Å². The third kappa shape index (κ3) is 3.00. The van der Waals surface area contributed by atoms with Crippen LogP contribution in [0.1, 0.15) is 34.7 Å². The van der Waals surface area contributed by atoms with Crippen molar-refractivity contribution in [3.8, 4) is 0 Å². The number of benzene rings is 2. The van der Waals surface area contributed by atoms with E-state index in [4.69, 9.17) is 10.8 Å². The molecule has 0 bridgehead atoms. The predicted octanol–water partition coefficient (Wildman–Crippen LogP) is 4.39. The molecule has 3 heteroatoms. The first-order chi connectivity index (χ1) is 11.0. The van der Waals surface area contributed by atoms with E-state index in [1.54, 1.807) is 0 Å². The van der Waals surface area contributed by atoms with Crippen molar-refractivity contribution in [3.63, 3.8) is 0 Å². The average molecular weight is 305 g/mol. The van der Waals surface area contributed by atoms with Gasteiger partial charge in [0, 0.05) is 12.1 Å². The topological polar surface area (TPSA) is 41.6 Å². The van der Waals surface area contributed by atoms with Crippen LogP contribution in [0, 0.1) is 20.8 Å². The molecule has 23 heavy (non-hydrogen) atoms. The van der Waals surface area contributed by atoms with Crippen LogP contribution in [0.2, 0.25) is 0 Å². The highest BCUT2D eigenvalue weighted by molar-refractivity contribution is 6.01. The van der Waals surface area contributed by atoms with Crippen LogP contribution in [0.5, 0.6) is 0 Å². The molecule has 0 fully saturated rings. The van der Waals surface area contributed by atoms with Crippen LogP contribution in [0.25, 0.3) is 0 Å². The molecule has 0 amide bonds. The average Bonchev–Trinajstić information content (AvgIpc) is 2.93. The molecule has 1 aliphatic heterocycles. The number of aryl methyl sites for hydroxylation is 3. The lowest BCUT2D eigenvalue weighted by Gasteiger charge is -2.25. The van der Waals surface area contributed by atoms with Crippen LogP contribution in [0.4, 0.5) is 5.69 Å². The highest BCUT2D eigenvalue weighted by Gasteiger charge is 2.30. The summed E-state index contributed by atoms with van der Waals surface area (Å²) in [5.41, 5.74) is 13.4. The summed E-state index contributed by atoms with van der Waals surface area (Å²) in [6.07, 6.45) is 0.783. The standard InChI is InChI=1S/C20H23N3/c1-13-5-8-17(9-6-13)20-12-18(16(4)21)22-23(20)19-10-7-14(2)11-15(19)3/h5-11,20H,4,12,21H2,1-3H3. The smallest absolute Gasteiger partial charge is 0.0857 e. The number of anilines is 1. The Labute approximate surface area is 138 Å². The Morgan fingerprint density at radius 2 is 1.74 bits per heavy atom. The molecule has 0 radical (unpaired) electrons. The van der Waals surface area contributed by atoms with E-state index in [0.717, 1.165) is 17.8 Å². The number of rotatable bonds is 3. The number of hydrogen-bond acceptors (Lipinski definition) is 3. The van der Waals surface area contributed by atoms with Gasteiger partial charge in [-0.2, -0.15) is 5.10 Å². The minimum atomic E-state index is 0.160. The summed E-state index contributed by atoms with van der Waals surface area (Å²) in [5.74, 6) is 0. The van der Waals surface area contributed by atoms with Crippen molar-refractivity contribution >= 4 is 11.4 Å². The van der Waals surface area contributed by atoms with Crippen LogP contribution in [-0.4, -0.2) is 5.71 Å². The van der Waals surface area contributed by atoms with Gasteiger partial charge in [-0.05, 0) is 38.0 Å². The van der Waals surface area contributed by atoms with Gasteiger partial charge in [0.05, 0.1) is 17.4 Å². The summed E-state index contributed by atoms with van der Waals surface area (Å²) in [7, 11) is 0. The highest BCUT2D eigenvalue weighted by Crippen LogP contribution is 2.37.